The van der Waals surface area contributed by atoms with Crippen LogP contribution < -0.4 is 10.6 Å². The number of nitrogens with one attached hydrogen (secondary N) is 2. The van der Waals surface area contributed by atoms with Crippen LogP contribution in [0.5, 0.6) is 0 Å². The molecule has 0 saturated heterocycles. The maximum atomic E-state index is 10.8. The van der Waals surface area contributed by atoms with E-state index in [0.29, 0.717) is 15.8 Å². The first-order valence-electron chi connectivity index (χ1n) is 7.51. The zero-order chi connectivity index (χ0) is 17.5. The predicted molar refractivity (Wildman–Crippen MR) is 102 cm³/mol. The van der Waals surface area contributed by atoms with Gasteiger partial charge in [-0.3, -0.25) is 10.1 Å². The molecule has 0 aromatic heterocycles. The molecule has 0 spiro atoms. The SMILES string of the molecule is C[C@@H](CCc1ccccc1)NC(=S)Nc1cc([N+](=O)[O-])ccc1Cl. The van der Waals surface area contributed by atoms with Gasteiger partial charge in [-0.15, -0.1) is 0 Å². The molecule has 1 atom stereocenters. The van der Waals surface area contributed by atoms with Crippen molar-refractivity contribution in [2.45, 2.75) is 25.8 Å². The van der Waals surface area contributed by atoms with E-state index in [1.165, 1.54) is 23.8 Å². The summed E-state index contributed by atoms with van der Waals surface area (Å²) < 4.78 is 0. The Hall–Kier alpha value is -2.18. The van der Waals surface area contributed by atoms with Gasteiger partial charge in [0.1, 0.15) is 0 Å². The first kappa shape index (κ1) is 18.2. The number of thiocarbonyl (C=S) groups is 1. The van der Waals surface area contributed by atoms with Crippen LogP contribution in [0.1, 0.15) is 18.9 Å². The van der Waals surface area contributed by atoms with E-state index in [2.05, 4.69) is 22.8 Å². The number of hydrogen-bond donors (Lipinski definition) is 2. The highest BCUT2D eigenvalue weighted by Gasteiger charge is 2.12. The lowest BCUT2D eigenvalue weighted by atomic mass is 10.1. The van der Waals surface area contributed by atoms with Crippen molar-refractivity contribution in [1.29, 1.82) is 0 Å². The van der Waals surface area contributed by atoms with Crippen molar-refractivity contribution in [3.63, 3.8) is 0 Å². The first-order valence-corrected chi connectivity index (χ1v) is 8.29. The van der Waals surface area contributed by atoms with Gasteiger partial charge in [0.15, 0.2) is 5.11 Å². The highest BCUT2D eigenvalue weighted by atomic mass is 35.5. The van der Waals surface area contributed by atoms with E-state index in [1.807, 2.05) is 25.1 Å². The normalized spacial score (nSPS) is 11.6. The molecule has 7 heteroatoms. The van der Waals surface area contributed by atoms with E-state index in [0.717, 1.165) is 12.8 Å². The molecule has 0 fully saturated rings. The number of hydrogen-bond acceptors (Lipinski definition) is 3. The topological polar surface area (TPSA) is 67.2 Å². The van der Waals surface area contributed by atoms with Crippen molar-refractivity contribution in [1.82, 2.24) is 5.32 Å². The van der Waals surface area contributed by atoms with Gasteiger partial charge in [-0.1, -0.05) is 41.9 Å². The second-order valence-corrected chi connectivity index (χ2v) is 6.26. The van der Waals surface area contributed by atoms with Crippen molar-refractivity contribution in [2.24, 2.45) is 0 Å². The Labute approximate surface area is 151 Å². The lowest BCUT2D eigenvalue weighted by Gasteiger charge is -2.17. The van der Waals surface area contributed by atoms with E-state index >= 15 is 0 Å². The van der Waals surface area contributed by atoms with Crippen molar-refractivity contribution in [3.05, 3.63) is 69.2 Å². The number of halogens is 1. The molecule has 126 valence electrons. The van der Waals surface area contributed by atoms with E-state index in [-0.39, 0.29) is 11.7 Å². The molecule has 0 radical (unpaired) electrons. The molecule has 2 aromatic rings. The van der Waals surface area contributed by atoms with Crippen LogP contribution in [0.4, 0.5) is 11.4 Å². The molecular formula is C17H18ClN3O2S. The maximum absolute atomic E-state index is 10.8. The third-order valence-electron chi connectivity index (χ3n) is 3.50. The van der Waals surface area contributed by atoms with Gasteiger partial charge in [-0.25, -0.2) is 0 Å². The van der Waals surface area contributed by atoms with Gasteiger partial charge in [0.05, 0.1) is 15.6 Å². The highest BCUT2D eigenvalue weighted by molar-refractivity contribution is 7.80. The molecular weight excluding hydrogens is 346 g/mol. The Morgan fingerprint density at radius 2 is 2.00 bits per heavy atom. The van der Waals surface area contributed by atoms with Crippen molar-refractivity contribution in [2.75, 3.05) is 5.32 Å². The Kier molecular flexibility index (Phi) is 6.52. The molecule has 0 unspecified atom stereocenters. The molecule has 0 amide bonds. The van der Waals surface area contributed by atoms with Crippen molar-refractivity contribution >= 4 is 40.3 Å². The first-order chi connectivity index (χ1) is 11.5. The van der Waals surface area contributed by atoms with Crippen LogP contribution in [-0.4, -0.2) is 16.1 Å². The zero-order valence-corrected chi connectivity index (χ0v) is 14.7. The molecule has 2 N–H and O–H groups in total. The van der Waals surface area contributed by atoms with Gasteiger partial charge < -0.3 is 10.6 Å². The van der Waals surface area contributed by atoms with Gasteiger partial charge in [0.2, 0.25) is 0 Å². The lowest BCUT2D eigenvalue weighted by Crippen LogP contribution is -2.36. The highest BCUT2D eigenvalue weighted by Crippen LogP contribution is 2.26. The minimum Gasteiger partial charge on any atom is -0.360 e. The second-order valence-electron chi connectivity index (χ2n) is 5.45. The second kappa shape index (κ2) is 8.61. The third-order valence-corrected chi connectivity index (χ3v) is 4.04. The van der Waals surface area contributed by atoms with Crippen LogP contribution in [-0.2, 0) is 6.42 Å². The molecule has 2 rings (SSSR count). The molecule has 0 aliphatic heterocycles. The Morgan fingerprint density at radius 1 is 1.29 bits per heavy atom. The third kappa shape index (κ3) is 5.47. The number of nitro benzene ring substituents is 1. The number of benzene rings is 2. The molecule has 0 saturated carbocycles. The monoisotopic (exact) mass is 363 g/mol. The van der Waals surface area contributed by atoms with Gasteiger partial charge in [0.25, 0.3) is 5.69 Å². The van der Waals surface area contributed by atoms with Crippen molar-refractivity contribution < 1.29 is 4.92 Å². The molecule has 24 heavy (non-hydrogen) atoms. The van der Waals surface area contributed by atoms with Crippen LogP contribution in [0, 0.1) is 10.1 Å². The van der Waals surface area contributed by atoms with Gasteiger partial charge in [-0.05, 0) is 43.6 Å². The fraction of sp³-hybridized carbons (Fsp3) is 0.235. The zero-order valence-electron chi connectivity index (χ0n) is 13.2. The van der Waals surface area contributed by atoms with Crippen LogP contribution in [0.25, 0.3) is 0 Å². The summed E-state index contributed by atoms with van der Waals surface area (Å²) in [4.78, 5) is 10.4. The summed E-state index contributed by atoms with van der Waals surface area (Å²) >= 11 is 11.3. The average Bonchev–Trinajstić information content (AvgIpc) is 2.55. The summed E-state index contributed by atoms with van der Waals surface area (Å²) in [6.07, 6.45) is 1.85. The summed E-state index contributed by atoms with van der Waals surface area (Å²) in [6, 6.07) is 14.6. The number of anilines is 1. The minimum absolute atomic E-state index is 0.0400. The van der Waals surface area contributed by atoms with E-state index < -0.39 is 4.92 Å². The van der Waals surface area contributed by atoms with E-state index in [9.17, 15) is 10.1 Å². The molecule has 2 aromatic carbocycles. The average molecular weight is 364 g/mol. The largest absolute Gasteiger partial charge is 0.360 e. The Balaban J connectivity index is 1.88. The number of non-ortho nitro benzene ring substituents is 1. The summed E-state index contributed by atoms with van der Waals surface area (Å²) in [5.41, 5.74) is 1.65. The quantitative estimate of drug-likeness (QED) is 0.447. The van der Waals surface area contributed by atoms with Crippen LogP contribution in [0.15, 0.2) is 48.5 Å². The minimum atomic E-state index is -0.472. The summed E-state index contributed by atoms with van der Waals surface area (Å²) in [5.74, 6) is 0. The molecule has 5 nitrogen and oxygen atoms in total. The van der Waals surface area contributed by atoms with Crippen LogP contribution in [0.3, 0.4) is 0 Å². The lowest BCUT2D eigenvalue weighted by molar-refractivity contribution is -0.384. The van der Waals surface area contributed by atoms with E-state index in [4.69, 9.17) is 23.8 Å². The molecule has 0 bridgehead atoms. The van der Waals surface area contributed by atoms with Gasteiger partial charge >= 0.3 is 0 Å². The number of nitrogens with zero attached hydrogens (tertiary/aromatic N) is 1. The number of nitro groups is 1. The summed E-state index contributed by atoms with van der Waals surface area (Å²) in [6.45, 7) is 2.03. The smallest absolute Gasteiger partial charge is 0.271 e. The Bertz CT molecular complexity index is 725. The molecule has 0 aliphatic rings. The number of rotatable bonds is 6. The summed E-state index contributed by atoms with van der Waals surface area (Å²) in [5, 5.41) is 17.7. The van der Waals surface area contributed by atoms with Gasteiger partial charge in [-0.2, -0.15) is 0 Å². The summed E-state index contributed by atoms with van der Waals surface area (Å²) in [7, 11) is 0. The van der Waals surface area contributed by atoms with Crippen LogP contribution >= 0.6 is 23.8 Å². The standard InChI is InChI=1S/C17H18ClN3O2S/c1-12(7-8-13-5-3-2-4-6-13)19-17(24)20-16-11-14(21(22)23)9-10-15(16)18/h2-6,9-12H,7-8H2,1H3,(H2,19,20,24)/t12-/m0/s1. The fourth-order valence-electron chi connectivity index (χ4n) is 2.20. The van der Waals surface area contributed by atoms with Crippen molar-refractivity contribution in [3.8, 4) is 0 Å². The molecule has 0 heterocycles. The predicted octanol–water partition coefficient (Wildman–Crippen LogP) is 4.56. The van der Waals surface area contributed by atoms with Gasteiger partial charge in [0, 0.05) is 18.2 Å². The molecule has 0 aliphatic carbocycles. The maximum Gasteiger partial charge on any atom is 0.271 e. The number of aryl methyl sites for hydroxylation is 1. The Morgan fingerprint density at radius 3 is 2.67 bits per heavy atom. The van der Waals surface area contributed by atoms with Crippen LogP contribution in [0.2, 0.25) is 5.02 Å². The fourth-order valence-corrected chi connectivity index (χ4v) is 2.68. The van der Waals surface area contributed by atoms with E-state index in [1.54, 1.807) is 0 Å².